The van der Waals surface area contributed by atoms with Gasteiger partial charge in [-0.05, 0) is 31.2 Å². The predicted octanol–water partition coefficient (Wildman–Crippen LogP) is 1.67. The third kappa shape index (κ3) is 3.78. The van der Waals surface area contributed by atoms with Gasteiger partial charge in [0.05, 0.1) is 0 Å². The van der Waals surface area contributed by atoms with Gasteiger partial charge in [-0.3, -0.25) is 0 Å². The Morgan fingerprint density at radius 1 is 1.32 bits per heavy atom. The molecule has 2 N–H and O–H groups in total. The first-order valence-electron chi connectivity index (χ1n) is 7.31. The number of aromatic nitrogens is 2. The van der Waals surface area contributed by atoms with Gasteiger partial charge in [-0.2, -0.15) is 0 Å². The summed E-state index contributed by atoms with van der Waals surface area (Å²) in [5.74, 6) is 0.928. The summed E-state index contributed by atoms with van der Waals surface area (Å²) in [6.07, 6.45) is 0.366. The third-order valence-electron chi connectivity index (χ3n) is 3.59. The molecule has 0 unspecified atom stereocenters. The second kappa shape index (κ2) is 6.95. The number of rotatable bonds is 5. The molecule has 7 heteroatoms. The Kier molecular flexibility index (Phi) is 4.97. The molecular weight excluding hydrogens is 316 g/mol. The van der Waals surface area contributed by atoms with Crippen LogP contribution in [-0.2, 0) is 4.74 Å². The number of anilines is 1. The molecule has 1 aliphatic heterocycles. The van der Waals surface area contributed by atoms with Gasteiger partial charge in [0.25, 0.3) is 0 Å². The Labute approximate surface area is 139 Å². The van der Waals surface area contributed by atoms with Crippen molar-refractivity contribution in [3.05, 3.63) is 34.8 Å². The standard InChI is InChI=1S/C15H20N4OS2/c1-10-17-18-15(22-10)21-9-13-8-16-14(20-13)11-4-6-12(7-5-11)19(2)3/h4-7,13-14,16H,8-9H2,1-3H3/p+1/t13-,14+/m1/s1. The van der Waals surface area contributed by atoms with Crippen LogP contribution in [0.15, 0.2) is 28.6 Å². The van der Waals surface area contributed by atoms with E-state index in [1.165, 1.54) is 11.3 Å². The quantitative estimate of drug-likeness (QED) is 0.841. The van der Waals surface area contributed by atoms with Crippen LogP contribution < -0.4 is 10.2 Å². The van der Waals surface area contributed by atoms with E-state index in [0.717, 1.165) is 21.6 Å². The van der Waals surface area contributed by atoms with Gasteiger partial charge in [0.1, 0.15) is 17.7 Å². The van der Waals surface area contributed by atoms with Gasteiger partial charge in [-0.1, -0.05) is 23.1 Å². The summed E-state index contributed by atoms with van der Waals surface area (Å²) >= 11 is 3.38. The molecule has 0 amide bonds. The molecule has 1 aromatic heterocycles. The zero-order valence-electron chi connectivity index (χ0n) is 13.0. The minimum Gasteiger partial charge on any atom is -0.378 e. The highest BCUT2D eigenvalue weighted by atomic mass is 32.2. The van der Waals surface area contributed by atoms with Crippen LogP contribution >= 0.6 is 23.1 Å². The summed E-state index contributed by atoms with van der Waals surface area (Å²) in [5, 5.41) is 11.5. The molecule has 2 aromatic rings. The Bertz CT molecular complexity index is 614. The summed E-state index contributed by atoms with van der Waals surface area (Å²) in [6, 6.07) is 8.58. The minimum atomic E-state index is 0.109. The fraction of sp³-hybridized carbons (Fsp3) is 0.467. The first kappa shape index (κ1) is 15.7. The SMILES string of the molecule is Cc1nnc(SC[C@H]2C[NH2+][C@H](c3ccc(N(C)C)cc3)O2)s1. The summed E-state index contributed by atoms with van der Waals surface area (Å²) in [4.78, 5) is 2.10. The molecule has 22 heavy (non-hydrogen) atoms. The summed E-state index contributed by atoms with van der Waals surface area (Å²) < 4.78 is 7.17. The zero-order valence-corrected chi connectivity index (χ0v) is 14.7. The maximum absolute atomic E-state index is 6.14. The van der Waals surface area contributed by atoms with Gasteiger partial charge in [0.2, 0.25) is 6.23 Å². The van der Waals surface area contributed by atoms with Crippen molar-refractivity contribution in [1.29, 1.82) is 0 Å². The van der Waals surface area contributed by atoms with E-state index in [1.54, 1.807) is 23.1 Å². The van der Waals surface area contributed by atoms with E-state index in [1.807, 2.05) is 6.92 Å². The third-order valence-corrected chi connectivity index (χ3v) is 5.69. The van der Waals surface area contributed by atoms with Crippen molar-refractivity contribution in [3.63, 3.8) is 0 Å². The molecule has 0 bridgehead atoms. The maximum atomic E-state index is 6.14. The average molecular weight is 337 g/mol. The molecule has 0 spiro atoms. The fourth-order valence-electron chi connectivity index (χ4n) is 2.38. The molecule has 1 saturated heterocycles. The highest BCUT2D eigenvalue weighted by Gasteiger charge is 2.30. The molecule has 3 rings (SSSR count). The van der Waals surface area contributed by atoms with Crippen molar-refractivity contribution in [2.75, 3.05) is 31.3 Å². The van der Waals surface area contributed by atoms with E-state index < -0.39 is 0 Å². The van der Waals surface area contributed by atoms with Gasteiger partial charge in [-0.25, -0.2) is 0 Å². The van der Waals surface area contributed by atoms with Crippen LogP contribution in [0.5, 0.6) is 0 Å². The second-order valence-corrected chi connectivity index (χ2v) is 7.98. The van der Waals surface area contributed by atoms with Crippen molar-refractivity contribution in [3.8, 4) is 0 Å². The van der Waals surface area contributed by atoms with E-state index in [4.69, 9.17) is 4.74 Å². The van der Waals surface area contributed by atoms with Crippen molar-refractivity contribution >= 4 is 28.8 Å². The van der Waals surface area contributed by atoms with E-state index in [-0.39, 0.29) is 12.3 Å². The van der Waals surface area contributed by atoms with Gasteiger partial charge in [-0.15, -0.1) is 10.2 Å². The minimum absolute atomic E-state index is 0.109. The summed E-state index contributed by atoms with van der Waals surface area (Å²) in [7, 11) is 4.10. The topological polar surface area (TPSA) is 54.9 Å². The molecule has 1 fully saturated rings. The van der Waals surface area contributed by atoms with E-state index in [2.05, 4.69) is 58.8 Å². The largest absolute Gasteiger partial charge is 0.378 e. The lowest BCUT2D eigenvalue weighted by Gasteiger charge is -2.14. The maximum Gasteiger partial charge on any atom is 0.217 e. The lowest BCUT2D eigenvalue weighted by molar-refractivity contribution is -0.697. The Morgan fingerprint density at radius 3 is 2.73 bits per heavy atom. The van der Waals surface area contributed by atoms with Crippen molar-refractivity contribution in [1.82, 2.24) is 10.2 Å². The normalized spacial score (nSPS) is 21.2. The van der Waals surface area contributed by atoms with Crippen LogP contribution in [0.4, 0.5) is 5.69 Å². The van der Waals surface area contributed by atoms with E-state index in [9.17, 15) is 0 Å². The highest BCUT2D eigenvalue weighted by Crippen LogP contribution is 2.26. The molecule has 5 nitrogen and oxygen atoms in total. The first-order chi connectivity index (χ1) is 10.6. The Balaban J connectivity index is 1.53. The van der Waals surface area contributed by atoms with Crippen LogP contribution in [0.1, 0.15) is 16.8 Å². The summed E-state index contributed by atoms with van der Waals surface area (Å²) in [6.45, 7) is 2.97. The average Bonchev–Trinajstić information content (AvgIpc) is 3.14. The molecule has 0 radical (unpaired) electrons. The zero-order chi connectivity index (χ0) is 15.5. The van der Waals surface area contributed by atoms with Crippen molar-refractivity contribution in [2.24, 2.45) is 0 Å². The number of benzene rings is 1. The van der Waals surface area contributed by atoms with Gasteiger partial charge >= 0.3 is 0 Å². The van der Waals surface area contributed by atoms with Gasteiger partial charge in [0, 0.05) is 31.1 Å². The number of nitrogens with zero attached hydrogens (tertiary/aromatic N) is 3. The first-order valence-corrected chi connectivity index (χ1v) is 9.11. The molecule has 118 valence electrons. The molecule has 0 saturated carbocycles. The van der Waals surface area contributed by atoms with Crippen molar-refractivity contribution in [2.45, 2.75) is 23.6 Å². The molecule has 1 aliphatic rings. The predicted molar refractivity (Wildman–Crippen MR) is 90.5 cm³/mol. The van der Waals surface area contributed by atoms with E-state index >= 15 is 0 Å². The van der Waals surface area contributed by atoms with E-state index in [0.29, 0.717) is 0 Å². The van der Waals surface area contributed by atoms with Crippen LogP contribution in [0.2, 0.25) is 0 Å². The van der Waals surface area contributed by atoms with Crippen LogP contribution in [0.25, 0.3) is 0 Å². The Hall–Kier alpha value is -1.15. The molecule has 2 atom stereocenters. The fourth-order valence-corrected chi connectivity index (χ4v) is 4.24. The number of nitrogens with two attached hydrogens (primary N) is 1. The number of aryl methyl sites for hydroxylation is 1. The number of hydrogen-bond donors (Lipinski definition) is 1. The van der Waals surface area contributed by atoms with Crippen LogP contribution in [0, 0.1) is 6.92 Å². The molecule has 1 aromatic carbocycles. The number of quaternary nitrogens is 1. The Morgan fingerprint density at radius 2 is 2.09 bits per heavy atom. The number of thioether (sulfide) groups is 1. The van der Waals surface area contributed by atoms with Crippen LogP contribution in [-0.4, -0.2) is 42.7 Å². The number of ether oxygens (including phenoxy) is 1. The van der Waals surface area contributed by atoms with Gasteiger partial charge < -0.3 is 15.0 Å². The monoisotopic (exact) mass is 337 g/mol. The highest BCUT2D eigenvalue weighted by molar-refractivity contribution is 8.01. The molecule has 0 aliphatic carbocycles. The number of hydrogen-bond acceptors (Lipinski definition) is 6. The molecule has 2 heterocycles. The van der Waals surface area contributed by atoms with Crippen LogP contribution in [0.3, 0.4) is 0 Å². The lowest BCUT2D eigenvalue weighted by Crippen LogP contribution is -2.82. The second-order valence-electron chi connectivity index (χ2n) is 5.53. The van der Waals surface area contributed by atoms with Gasteiger partial charge in [0.15, 0.2) is 4.34 Å². The summed E-state index contributed by atoms with van der Waals surface area (Å²) in [5.41, 5.74) is 2.44. The lowest BCUT2D eigenvalue weighted by atomic mass is 10.2. The smallest absolute Gasteiger partial charge is 0.217 e. The molecular formula is C15H21N4OS2+. The van der Waals surface area contributed by atoms with Crippen molar-refractivity contribution < 1.29 is 10.1 Å².